The number of carbonyl (C=O) groups excluding carboxylic acids is 2. The Morgan fingerprint density at radius 3 is 2.24 bits per heavy atom. The summed E-state index contributed by atoms with van der Waals surface area (Å²) in [5.74, 6) is 0.0178. The first-order valence-corrected chi connectivity index (χ1v) is 10.1. The summed E-state index contributed by atoms with van der Waals surface area (Å²) in [4.78, 5) is 24.9. The number of ether oxygens (including phenoxy) is 2. The van der Waals surface area contributed by atoms with Crippen molar-refractivity contribution in [2.24, 2.45) is 11.8 Å². The zero-order valence-electron chi connectivity index (χ0n) is 18.4. The topological polar surface area (TPSA) is 96.9 Å². The monoisotopic (exact) mass is 408 g/mol. The lowest BCUT2D eigenvalue weighted by Crippen LogP contribution is -2.52. The van der Waals surface area contributed by atoms with Crippen molar-refractivity contribution in [1.82, 2.24) is 10.6 Å². The average molecular weight is 409 g/mol. The van der Waals surface area contributed by atoms with Gasteiger partial charge in [-0.2, -0.15) is 0 Å². The summed E-state index contributed by atoms with van der Waals surface area (Å²) < 4.78 is 10.8. The van der Waals surface area contributed by atoms with E-state index in [1.54, 1.807) is 45.0 Å². The van der Waals surface area contributed by atoms with Crippen LogP contribution in [0.2, 0.25) is 0 Å². The normalized spacial score (nSPS) is 14.8. The van der Waals surface area contributed by atoms with E-state index in [0.29, 0.717) is 18.7 Å². The summed E-state index contributed by atoms with van der Waals surface area (Å²) in [5.41, 5.74) is -0.587. The smallest absolute Gasteiger partial charge is 0.407 e. The summed E-state index contributed by atoms with van der Waals surface area (Å²) in [5, 5.41) is 15.4. The predicted octanol–water partition coefficient (Wildman–Crippen LogP) is 3.12. The van der Waals surface area contributed by atoms with E-state index < -0.39 is 23.7 Å². The third-order valence-electron chi connectivity index (χ3n) is 4.43. The molecule has 3 atom stereocenters. The lowest BCUT2D eigenvalue weighted by atomic mass is 9.97. The van der Waals surface area contributed by atoms with E-state index in [4.69, 9.17) is 9.47 Å². The molecule has 0 fully saturated rings. The molecule has 0 aromatic heterocycles. The second-order valence-corrected chi connectivity index (χ2v) is 8.61. The van der Waals surface area contributed by atoms with Gasteiger partial charge in [-0.05, 0) is 51.2 Å². The van der Waals surface area contributed by atoms with Crippen LogP contribution in [0.5, 0.6) is 5.75 Å². The summed E-state index contributed by atoms with van der Waals surface area (Å²) in [6, 6.07) is 8.00. The molecule has 1 amide bonds. The summed E-state index contributed by atoms with van der Waals surface area (Å²) >= 11 is 0. The molecule has 3 unspecified atom stereocenters. The first kappa shape index (κ1) is 24.9. The molecule has 0 saturated heterocycles. The Morgan fingerprint density at radius 1 is 1.10 bits per heavy atom. The molecule has 1 aromatic rings. The van der Waals surface area contributed by atoms with E-state index in [1.807, 2.05) is 26.8 Å². The maximum atomic E-state index is 12.7. The molecule has 0 aliphatic heterocycles. The summed E-state index contributed by atoms with van der Waals surface area (Å²) in [7, 11) is 0. The number of carbonyl (C=O) groups is 2. The van der Waals surface area contributed by atoms with Gasteiger partial charge >= 0.3 is 12.1 Å². The van der Waals surface area contributed by atoms with Crippen LogP contribution in [0, 0.1) is 11.8 Å². The number of para-hydroxylation sites is 1. The molecule has 0 aliphatic carbocycles. The molecular formula is C22H36N2O5. The van der Waals surface area contributed by atoms with Crippen molar-refractivity contribution in [3.05, 3.63) is 30.3 Å². The Balaban J connectivity index is 2.79. The Hall–Kier alpha value is -2.12. The number of hydrogen-bond acceptors (Lipinski definition) is 6. The van der Waals surface area contributed by atoms with Gasteiger partial charge in [0.25, 0.3) is 0 Å². The van der Waals surface area contributed by atoms with Crippen LogP contribution in [0.1, 0.15) is 48.0 Å². The maximum absolute atomic E-state index is 12.7. The third-order valence-corrected chi connectivity index (χ3v) is 4.43. The van der Waals surface area contributed by atoms with Gasteiger partial charge in [-0.15, -0.1) is 0 Å². The van der Waals surface area contributed by atoms with Gasteiger partial charge in [0.05, 0.1) is 0 Å². The molecule has 0 saturated carbocycles. The molecule has 7 heteroatoms. The van der Waals surface area contributed by atoms with Crippen molar-refractivity contribution in [3.63, 3.8) is 0 Å². The maximum Gasteiger partial charge on any atom is 0.407 e. The van der Waals surface area contributed by atoms with Crippen LogP contribution in [0.4, 0.5) is 4.79 Å². The lowest BCUT2D eigenvalue weighted by Gasteiger charge is -2.29. The highest BCUT2D eigenvalue weighted by molar-refractivity contribution is 5.78. The SMILES string of the molecule is CC(C)C(CNC(C(=O)Oc1ccccc1)C(C)CCO)NC(=O)OC(C)(C)C. The minimum atomic E-state index is -0.621. The number of amides is 1. The van der Waals surface area contributed by atoms with Gasteiger partial charge in [-0.1, -0.05) is 39.0 Å². The van der Waals surface area contributed by atoms with Gasteiger partial charge < -0.3 is 25.2 Å². The van der Waals surface area contributed by atoms with Crippen molar-refractivity contribution < 1.29 is 24.2 Å². The van der Waals surface area contributed by atoms with E-state index in [0.717, 1.165) is 0 Å². The number of benzene rings is 1. The van der Waals surface area contributed by atoms with Crippen LogP contribution in [0.25, 0.3) is 0 Å². The molecule has 1 rings (SSSR count). The number of aliphatic hydroxyl groups excluding tert-OH is 1. The van der Waals surface area contributed by atoms with Gasteiger partial charge in [0.15, 0.2) is 0 Å². The van der Waals surface area contributed by atoms with E-state index in [2.05, 4.69) is 10.6 Å². The van der Waals surface area contributed by atoms with Crippen molar-refractivity contribution in [1.29, 1.82) is 0 Å². The van der Waals surface area contributed by atoms with Gasteiger partial charge in [-0.3, -0.25) is 0 Å². The number of aliphatic hydroxyl groups is 1. The fraction of sp³-hybridized carbons (Fsp3) is 0.636. The van der Waals surface area contributed by atoms with Crippen LogP contribution in [0.15, 0.2) is 30.3 Å². The predicted molar refractivity (Wildman–Crippen MR) is 113 cm³/mol. The Kier molecular flexibility index (Phi) is 10.1. The van der Waals surface area contributed by atoms with E-state index in [9.17, 15) is 14.7 Å². The molecule has 1 aromatic carbocycles. The van der Waals surface area contributed by atoms with Crippen molar-refractivity contribution >= 4 is 12.1 Å². The molecule has 0 spiro atoms. The number of rotatable bonds is 10. The fourth-order valence-corrected chi connectivity index (χ4v) is 2.72. The molecule has 0 aliphatic rings. The van der Waals surface area contributed by atoms with E-state index >= 15 is 0 Å². The molecule has 7 nitrogen and oxygen atoms in total. The molecule has 0 heterocycles. The Labute approximate surface area is 174 Å². The van der Waals surface area contributed by atoms with Crippen LogP contribution in [-0.2, 0) is 9.53 Å². The Morgan fingerprint density at radius 2 is 1.72 bits per heavy atom. The van der Waals surface area contributed by atoms with E-state index in [1.165, 1.54) is 0 Å². The number of hydrogen-bond donors (Lipinski definition) is 3. The first-order valence-electron chi connectivity index (χ1n) is 10.1. The van der Waals surface area contributed by atoms with Crippen molar-refractivity contribution in [2.75, 3.05) is 13.2 Å². The molecule has 0 radical (unpaired) electrons. The van der Waals surface area contributed by atoms with Crippen molar-refractivity contribution in [2.45, 2.75) is 65.6 Å². The quantitative estimate of drug-likeness (QED) is 0.407. The third kappa shape index (κ3) is 9.76. The molecule has 0 bridgehead atoms. The van der Waals surface area contributed by atoms with Crippen molar-refractivity contribution in [3.8, 4) is 5.75 Å². The number of nitrogens with one attached hydrogen (secondary N) is 2. The zero-order valence-corrected chi connectivity index (χ0v) is 18.4. The Bertz CT molecular complexity index is 628. The van der Waals surface area contributed by atoms with Gasteiger partial charge in [0, 0.05) is 19.2 Å². The van der Waals surface area contributed by atoms with Crippen LogP contribution >= 0.6 is 0 Å². The van der Waals surface area contributed by atoms with E-state index in [-0.39, 0.29) is 24.5 Å². The molecule has 3 N–H and O–H groups in total. The average Bonchev–Trinajstić information content (AvgIpc) is 2.60. The second kappa shape index (κ2) is 11.8. The first-order chi connectivity index (χ1) is 13.5. The van der Waals surface area contributed by atoms with Gasteiger partial charge in [-0.25, -0.2) is 9.59 Å². The summed E-state index contributed by atoms with van der Waals surface area (Å²) in [6.45, 7) is 11.6. The highest BCUT2D eigenvalue weighted by Gasteiger charge is 2.29. The highest BCUT2D eigenvalue weighted by Crippen LogP contribution is 2.15. The van der Waals surface area contributed by atoms with Gasteiger partial charge in [0.1, 0.15) is 17.4 Å². The molecular weight excluding hydrogens is 372 g/mol. The highest BCUT2D eigenvalue weighted by atomic mass is 16.6. The minimum Gasteiger partial charge on any atom is -0.444 e. The van der Waals surface area contributed by atoms with Gasteiger partial charge in [0.2, 0.25) is 0 Å². The summed E-state index contributed by atoms with van der Waals surface area (Å²) in [6.07, 6.45) is -0.0438. The second-order valence-electron chi connectivity index (χ2n) is 8.61. The zero-order chi connectivity index (χ0) is 22.0. The largest absolute Gasteiger partial charge is 0.444 e. The minimum absolute atomic E-state index is 0.0261. The number of esters is 1. The standard InChI is InChI=1S/C22H36N2O5/c1-15(2)18(24-21(27)29-22(4,5)6)14-23-19(16(3)12-13-25)20(26)28-17-10-8-7-9-11-17/h7-11,15-16,18-19,23,25H,12-14H2,1-6H3,(H,24,27). The number of alkyl carbamates (subject to hydrolysis) is 1. The molecule has 164 valence electrons. The molecule has 29 heavy (non-hydrogen) atoms. The van der Waals surface area contributed by atoms with Crippen LogP contribution < -0.4 is 15.4 Å². The fourth-order valence-electron chi connectivity index (χ4n) is 2.72. The van der Waals surface area contributed by atoms with Crippen LogP contribution in [-0.4, -0.2) is 48.0 Å². The lowest BCUT2D eigenvalue weighted by molar-refractivity contribution is -0.138. The van der Waals surface area contributed by atoms with Crippen LogP contribution in [0.3, 0.4) is 0 Å².